The summed E-state index contributed by atoms with van der Waals surface area (Å²) in [5, 5.41) is 24.8. The van der Waals surface area contributed by atoms with Crippen LogP contribution in [0.1, 0.15) is 43.6 Å². The molecule has 0 atom stereocenters. The number of carbonyl (C=O) groups is 1. The molecule has 0 aliphatic carbocycles. The van der Waals surface area contributed by atoms with Crippen molar-refractivity contribution in [2.75, 3.05) is 13.1 Å². The fourth-order valence-electron chi connectivity index (χ4n) is 3.89. The number of H-pyrrole nitrogens is 2. The Bertz CT molecular complexity index is 933. The zero-order valence-corrected chi connectivity index (χ0v) is 15.6. The molecule has 0 radical (unpaired) electrons. The second-order valence-corrected chi connectivity index (χ2v) is 7.99. The van der Waals surface area contributed by atoms with Crippen LogP contribution in [0, 0.1) is 5.92 Å². The van der Waals surface area contributed by atoms with Crippen molar-refractivity contribution < 1.29 is 9.90 Å². The summed E-state index contributed by atoms with van der Waals surface area (Å²) >= 11 is 0. The minimum atomic E-state index is -0.648. The van der Waals surface area contributed by atoms with Crippen LogP contribution in [-0.2, 0) is 0 Å². The number of nitrogens with zero attached hydrogens (tertiary/aromatic N) is 4. The van der Waals surface area contributed by atoms with Crippen LogP contribution in [0.4, 0.5) is 0 Å². The van der Waals surface area contributed by atoms with E-state index in [4.69, 9.17) is 0 Å². The summed E-state index contributed by atoms with van der Waals surface area (Å²) in [6.07, 6.45) is 2.64. The van der Waals surface area contributed by atoms with Gasteiger partial charge < -0.3 is 15.0 Å². The normalized spacial score (nSPS) is 16.2. The number of hydrogen-bond donors (Lipinski definition) is 3. The molecule has 0 saturated carbocycles. The maximum absolute atomic E-state index is 12.9. The number of aliphatic hydroxyl groups is 1. The molecule has 0 spiro atoms. The van der Waals surface area contributed by atoms with Crippen molar-refractivity contribution in [2.24, 2.45) is 5.92 Å². The van der Waals surface area contributed by atoms with E-state index in [1.165, 1.54) is 0 Å². The Labute approximate surface area is 157 Å². The number of aromatic amines is 2. The van der Waals surface area contributed by atoms with Crippen LogP contribution in [0.3, 0.4) is 0 Å². The Morgan fingerprint density at radius 3 is 2.74 bits per heavy atom. The van der Waals surface area contributed by atoms with Crippen molar-refractivity contribution in [3.63, 3.8) is 0 Å². The van der Waals surface area contributed by atoms with E-state index in [2.05, 4.69) is 25.6 Å². The average molecular weight is 368 g/mol. The first-order chi connectivity index (χ1) is 12.9. The number of fused-ring (bicyclic) bond motifs is 1. The number of tetrazole rings is 1. The van der Waals surface area contributed by atoms with Crippen LogP contribution in [0.5, 0.6) is 0 Å². The van der Waals surface area contributed by atoms with Crippen LogP contribution in [0.2, 0.25) is 0 Å². The first-order valence-corrected chi connectivity index (χ1v) is 9.27. The van der Waals surface area contributed by atoms with E-state index in [0.29, 0.717) is 17.4 Å². The highest BCUT2D eigenvalue weighted by Crippen LogP contribution is 2.28. The molecule has 0 bridgehead atoms. The number of piperidine rings is 1. The summed E-state index contributed by atoms with van der Waals surface area (Å²) in [7, 11) is 0. The highest BCUT2D eigenvalue weighted by molar-refractivity contribution is 5.98. The molecule has 8 nitrogen and oxygen atoms in total. The molecule has 1 amide bonds. The second kappa shape index (κ2) is 6.77. The number of amides is 1. The number of likely N-dealkylation sites (tertiary alicyclic amines) is 1. The molecule has 1 aromatic carbocycles. The standard InChI is InChI=1S/C19H24N6O2/c1-19(2,27)11-12-5-7-25(8-6-12)18(26)16-10-14-9-13(3-4-15(14)20-16)17-21-23-24-22-17/h3-4,9-10,12,20,27H,5-8,11H2,1-2H3,(H,21,22,23,24). The van der Waals surface area contributed by atoms with Crippen LogP contribution in [0.15, 0.2) is 24.3 Å². The molecule has 27 heavy (non-hydrogen) atoms. The van der Waals surface area contributed by atoms with Gasteiger partial charge in [-0.25, -0.2) is 5.10 Å². The Balaban J connectivity index is 1.47. The minimum absolute atomic E-state index is 0.0239. The molecule has 1 fully saturated rings. The molecule has 8 heteroatoms. The molecule has 3 N–H and O–H groups in total. The Hall–Kier alpha value is -2.74. The molecule has 3 aromatic rings. The largest absolute Gasteiger partial charge is 0.390 e. The molecular formula is C19H24N6O2. The lowest BCUT2D eigenvalue weighted by molar-refractivity contribution is 0.0357. The topological polar surface area (TPSA) is 111 Å². The smallest absolute Gasteiger partial charge is 0.270 e. The van der Waals surface area contributed by atoms with Crippen LogP contribution in [-0.4, -0.2) is 60.2 Å². The number of rotatable bonds is 4. The van der Waals surface area contributed by atoms with Gasteiger partial charge in [0.05, 0.1) is 5.60 Å². The fraction of sp³-hybridized carbons (Fsp3) is 0.474. The molecular weight excluding hydrogens is 344 g/mol. The summed E-state index contributed by atoms with van der Waals surface area (Å²) in [4.78, 5) is 18.0. The van der Waals surface area contributed by atoms with Gasteiger partial charge in [0.2, 0.25) is 0 Å². The van der Waals surface area contributed by atoms with E-state index >= 15 is 0 Å². The first kappa shape index (κ1) is 17.7. The molecule has 3 heterocycles. The van der Waals surface area contributed by atoms with Crippen LogP contribution >= 0.6 is 0 Å². The monoisotopic (exact) mass is 368 g/mol. The van der Waals surface area contributed by atoms with E-state index in [1.807, 2.05) is 43.0 Å². The lowest BCUT2D eigenvalue weighted by atomic mass is 9.86. The van der Waals surface area contributed by atoms with Crippen molar-refractivity contribution in [2.45, 2.75) is 38.7 Å². The third kappa shape index (κ3) is 3.85. The molecule has 4 rings (SSSR count). The Morgan fingerprint density at radius 2 is 2.07 bits per heavy atom. The maximum atomic E-state index is 12.9. The summed E-state index contributed by atoms with van der Waals surface area (Å²) in [5.74, 6) is 1.09. The number of aromatic nitrogens is 5. The molecule has 0 unspecified atom stereocenters. The van der Waals surface area contributed by atoms with Crippen molar-refractivity contribution >= 4 is 16.8 Å². The SMILES string of the molecule is CC(C)(O)CC1CCN(C(=O)c2cc3cc(-c4nnn[nH]4)ccc3[nH]2)CC1. The van der Waals surface area contributed by atoms with Gasteiger partial charge in [0.1, 0.15) is 5.69 Å². The summed E-state index contributed by atoms with van der Waals surface area (Å²) in [5.41, 5.74) is 1.73. The van der Waals surface area contributed by atoms with Gasteiger partial charge in [0.15, 0.2) is 5.82 Å². The highest BCUT2D eigenvalue weighted by Gasteiger charge is 2.28. The maximum Gasteiger partial charge on any atom is 0.270 e. The van der Waals surface area contributed by atoms with Gasteiger partial charge in [-0.3, -0.25) is 4.79 Å². The van der Waals surface area contributed by atoms with E-state index in [9.17, 15) is 9.90 Å². The number of carbonyl (C=O) groups excluding carboxylic acids is 1. The molecule has 142 valence electrons. The lowest BCUT2D eigenvalue weighted by Gasteiger charge is -2.34. The number of hydrogen-bond acceptors (Lipinski definition) is 5. The van der Waals surface area contributed by atoms with Crippen molar-refractivity contribution in [3.05, 3.63) is 30.0 Å². The highest BCUT2D eigenvalue weighted by atomic mass is 16.3. The van der Waals surface area contributed by atoms with E-state index in [0.717, 1.165) is 48.8 Å². The van der Waals surface area contributed by atoms with Gasteiger partial charge in [-0.15, -0.1) is 5.10 Å². The zero-order chi connectivity index (χ0) is 19.0. The lowest BCUT2D eigenvalue weighted by Crippen LogP contribution is -2.40. The van der Waals surface area contributed by atoms with Gasteiger partial charge in [0.25, 0.3) is 5.91 Å². The molecule has 2 aromatic heterocycles. The van der Waals surface area contributed by atoms with Gasteiger partial charge >= 0.3 is 0 Å². The fourth-order valence-corrected chi connectivity index (χ4v) is 3.89. The Morgan fingerprint density at radius 1 is 1.30 bits per heavy atom. The Kier molecular flexibility index (Phi) is 4.43. The predicted octanol–water partition coefficient (Wildman–Crippen LogP) is 2.36. The summed E-state index contributed by atoms with van der Waals surface area (Å²) < 4.78 is 0. The minimum Gasteiger partial charge on any atom is -0.390 e. The van der Waals surface area contributed by atoms with Crippen molar-refractivity contribution in [1.82, 2.24) is 30.5 Å². The quantitative estimate of drug-likeness (QED) is 0.655. The zero-order valence-electron chi connectivity index (χ0n) is 15.6. The third-order valence-electron chi connectivity index (χ3n) is 5.16. The van der Waals surface area contributed by atoms with E-state index < -0.39 is 5.60 Å². The van der Waals surface area contributed by atoms with E-state index in [1.54, 1.807) is 0 Å². The van der Waals surface area contributed by atoms with Crippen LogP contribution in [0.25, 0.3) is 22.3 Å². The predicted molar refractivity (Wildman–Crippen MR) is 101 cm³/mol. The molecule has 1 aliphatic rings. The third-order valence-corrected chi connectivity index (χ3v) is 5.16. The number of nitrogens with one attached hydrogen (secondary N) is 2. The van der Waals surface area contributed by atoms with Gasteiger partial charge in [-0.05, 0) is 73.7 Å². The second-order valence-electron chi connectivity index (χ2n) is 7.99. The first-order valence-electron chi connectivity index (χ1n) is 9.27. The van der Waals surface area contributed by atoms with E-state index in [-0.39, 0.29) is 5.91 Å². The summed E-state index contributed by atoms with van der Waals surface area (Å²) in [6.45, 7) is 5.14. The van der Waals surface area contributed by atoms with Gasteiger partial charge in [-0.1, -0.05) is 0 Å². The van der Waals surface area contributed by atoms with Crippen molar-refractivity contribution in [1.29, 1.82) is 0 Å². The molecule has 1 saturated heterocycles. The van der Waals surface area contributed by atoms with Gasteiger partial charge in [-0.2, -0.15) is 0 Å². The number of benzene rings is 1. The summed E-state index contributed by atoms with van der Waals surface area (Å²) in [6, 6.07) is 7.69. The van der Waals surface area contributed by atoms with Crippen molar-refractivity contribution in [3.8, 4) is 11.4 Å². The molecule has 1 aliphatic heterocycles. The van der Waals surface area contributed by atoms with Crippen LogP contribution < -0.4 is 0 Å². The van der Waals surface area contributed by atoms with Gasteiger partial charge in [0, 0.05) is 29.6 Å². The average Bonchev–Trinajstić information content (AvgIpc) is 3.29.